The number of carbonyl (C=O) groups is 1. The number of pyridine rings is 1. The number of carboxylic acid groups (broad SMARTS) is 1. The Kier molecular flexibility index (Phi) is 1.77. The summed E-state index contributed by atoms with van der Waals surface area (Å²) in [6.45, 7) is 3.75. The van der Waals surface area contributed by atoms with Crippen LogP contribution >= 0.6 is 0 Å². The Morgan fingerprint density at radius 1 is 1.50 bits per heavy atom. The average molecular weight is 190 g/mol. The Hall–Kier alpha value is -1.84. The third kappa shape index (κ3) is 1.08. The van der Waals surface area contributed by atoms with E-state index in [0.29, 0.717) is 0 Å². The molecule has 0 aliphatic carbocycles. The van der Waals surface area contributed by atoms with Gasteiger partial charge in [-0.2, -0.15) is 0 Å². The number of rotatable bonds is 1. The van der Waals surface area contributed by atoms with E-state index in [1.807, 2.05) is 26.0 Å². The number of hydrogen-bond donors (Lipinski definition) is 1. The highest BCUT2D eigenvalue weighted by Gasteiger charge is 2.14. The van der Waals surface area contributed by atoms with Gasteiger partial charge in [-0.1, -0.05) is 6.07 Å². The lowest BCUT2D eigenvalue weighted by molar-refractivity contribution is 0.0682. The van der Waals surface area contributed by atoms with Crippen molar-refractivity contribution in [2.24, 2.45) is 0 Å². The molecule has 2 rings (SSSR count). The molecule has 0 aromatic carbocycles. The zero-order valence-electron chi connectivity index (χ0n) is 7.98. The van der Waals surface area contributed by atoms with Gasteiger partial charge in [0.25, 0.3) is 0 Å². The van der Waals surface area contributed by atoms with Gasteiger partial charge in [-0.05, 0) is 25.5 Å². The van der Waals surface area contributed by atoms with Crippen LogP contribution in [0.3, 0.4) is 0 Å². The van der Waals surface area contributed by atoms with Crippen molar-refractivity contribution >= 4 is 11.5 Å². The molecule has 2 aromatic heterocycles. The van der Waals surface area contributed by atoms with Gasteiger partial charge < -0.3 is 5.11 Å². The lowest BCUT2D eigenvalue weighted by Gasteiger charge is -1.99. The molecule has 4 heteroatoms. The first kappa shape index (κ1) is 8.74. The van der Waals surface area contributed by atoms with Crippen LogP contribution in [0.2, 0.25) is 0 Å². The first-order valence-electron chi connectivity index (χ1n) is 4.29. The number of carboxylic acids is 1. The maximum atomic E-state index is 10.9. The fraction of sp³-hybridized carbons (Fsp3) is 0.200. The predicted molar refractivity (Wildman–Crippen MR) is 51.6 cm³/mol. The number of aromatic carboxylic acids is 1. The van der Waals surface area contributed by atoms with Gasteiger partial charge in [0.2, 0.25) is 5.82 Å². The molecule has 0 amide bonds. The van der Waals surface area contributed by atoms with Crippen molar-refractivity contribution in [1.29, 1.82) is 0 Å². The molecule has 0 saturated carbocycles. The van der Waals surface area contributed by atoms with Gasteiger partial charge >= 0.3 is 5.97 Å². The van der Waals surface area contributed by atoms with Crippen LogP contribution in [-0.2, 0) is 0 Å². The predicted octanol–water partition coefficient (Wildman–Crippen LogP) is 1.65. The third-order valence-corrected chi connectivity index (χ3v) is 2.23. The fourth-order valence-electron chi connectivity index (χ4n) is 1.67. The van der Waals surface area contributed by atoms with Crippen LogP contribution in [0.1, 0.15) is 21.9 Å². The summed E-state index contributed by atoms with van der Waals surface area (Å²) in [5.41, 5.74) is 2.66. The summed E-state index contributed by atoms with van der Waals surface area (Å²) in [6, 6.07) is 3.76. The smallest absolute Gasteiger partial charge is 0.372 e. The van der Waals surface area contributed by atoms with Gasteiger partial charge in [0.1, 0.15) is 0 Å². The molecule has 0 spiro atoms. The van der Waals surface area contributed by atoms with E-state index >= 15 is 0 Å². The summed E-state index contributed by atoms with van der Waals surface area (Å²) in [5, 5.41) is 8.90. The SMILES string of the molecule is Cc1cccn2c(C(=O)O)nc(C)c12. The maximum absolute atomic E-state index is 10.9. The monoisotopic (exact) mass is 190 g/mol. The van der Waals surface area contributed by atoms with Crippen molar-refractivity contribution in [2.45, 2.75) is 13.8 Å². The van der Waals surface area contributed by atoms with Crippen LogP contribution in [0, 0.1) is 13.8 Å². The molecule has 0 atom stereocenters. The summed E-state index contributed by atoms with van der Waals surface area (Å²) >= 11 is 0. The third-order valence-electron chi connectivity index (χ3n) is 2.23. The Bertz CT molecular complexity index is 514. The number of aryl methyl sites for hydroxylation is 2. The maximum Gasteiger partial charge on any atom is 0.372 e. The molecule has 2 heterocycles. The molecule has 72 valence electrons. The second-order valence-electron chi connectivity index (χ2n) is 3.24. The Morgan fingerprint density at radius 3 is 2.86 bits per heavy atom. The molecular weight excluding hydrogens is 180 g/mol. The van der Waals surface area contributed by atoms with E-state index < -0.39 is 5.97 Å². The molecule has 4 nitrogen and oxygen atoms in total. The zero-order chi connectivity index (χ0) is 10.3. The first-order chi connectivity index (χ1) is 6.61. The number of aromatic nitrogens is 2. The zero-order valence-corrected chi connectivity index (χ0v) is 7.98. The Morgan fingerprint density at radius 2 is 2.21 bits per heavy atom. The molecule has 0 aliphatic rings. The van der Waals surface area contributed by atoms with E-state index in [4.69, 9.17) is 5.11 Å². The quantitative estimate of drug-likeness (QED) is 0.743. The lowest BCUT2D eigenvalue weighted by Crippen LogP contribution is -2.03. The minimum Gasteiger partial charge on any atom is -0.475 e. The topological polar surface area (TPSA) is 54.6 Å². The second kappa shape index (κ2) is 2.83. The number of imidazole rings is 1. The van der Waals surface area contributed by atoms with E-state index in [-0.39, 0.29) is 5.82 Å². The Balaban J connectivity index is 2.91. The molecule has 2 aromatic rings. The van der Waals surface area contributed by atoms with Crippen LogP contribution in [0.5, 0.6) is 0 Å². The lowest BCUT2D eigenvalue weighted by atomic mass is 10.2. The largest absolute Gasteiger partial charge is 0.475 e. The fourth-order valence-corrected chi connectivity index (χ4v) is 1.67. The van der Waals surface area contributed by atoms with Gasteiger partial charge in [0, 0.05) is 6.20 Å². The highest BCUT2D eigenvalue weighted by molar-refractivity contribution is 5.85. The first-order valence-corrected chi connectivity index (χ1v) is 4.29. The second-order valence-corrected chi connectivity index (χ2v) is 3.24. The highest BCUT2D eigenvalue weighted by atomic mass is 16.4. The molecule has 0 fully saturated rings. The van der Waals surface area contributed by atoms with Gasteiger partial charge in [-0.15, -0.1) is 0 Å². The number of hydrogen-bond acceptors (Lipinski definition) is 2. The van der Waals surface area contributed by atoms with Gasteiger partial charge in [-0.3, -0.25) is 4.40 Å². The summed E-state index contributed by atoms with van der Waals surface area (Å²) in [4.78, 5) is 14.9. The van der Waals surface area contributed by atoms with E-state index in [0.717, 1.165) is 16.8 Å². The van der Waals surface area contributed by atoms with Crippen molar-refractivity contribution in [3.05, 3.63) is 35.4 Å². The van der Waals surface area contributed by atoms with Crippen LogP contribution in [0.15, 0.2) is 18.3 Å². The van der Waals surface area contributed by atoms with E-state index in [1.54, 1.807) is 10.6 Å². The van der Waals surface area contributed by atoms with Gasteiger partial charge in [0.05, 0.1) is 11.2 Å². The van der Waals surface area contributed by atoms with Gasteiger partial charge in [-0.25, -0.2) is 9.78 Å². The number of nitrogens with zero attached hydrogens (tertiary/aromatic N) is 2. The van der Waals surface area contributed by atoms with Crippen molar-refractivity contribution < 1.29 is 9.90 Å². The van der Waals surface area contributed by atoms with E-state index in [9.17, 15) is 4.79 Å². The Labute approximate surface area is 80.8 Å². The van der Waals surface area contributed by atoms with Crippen LogP contribution in [-0.4, -0.2) is 20.5 Å². The molecule has 14 heavy (non-hydrogen) atoms. The molecule has 0 bridgehead atoms. The minimum absolute atomic E-state index is 0.0706. The van der Waals surface area contributed by atoms with Crippen molar-refractivity contribution in [1.82, 2.24) is 9.38 Å². The molecule has 1 N–H and O–H groups in total. The van der Waals surface area contributed by atoms with Crippen LogP contribution < -0.4 is 0 Å². The highest BCUT2D eigenvalue weighted by Crippen LogP contribution is 2.16. The summed E-state index contributed by atoms with van der Waals surface area (Å²) in [5.74, 6) is -0.931. The molecule has 0 saturated heterocycles. The molecule has 0 unspecified atom stereocenters. The van der Waals surface area contributed by atoms with Crippen molar-refractivity contribution in [3.8, 4) is 0 Å². The van der Waals surface area contributed by atoms with Crippen LogP contribution in [0.25, 0.3) is 5.52 Å². The molecule has 0 aliphatic heterocycles. The van der Waals surface area contributed by atoms with Crippen LogP contribution in [0.4, 0.5) is 0 Å². The summed E-state index contributed by atoms with van der Waals surface area (Å²) in [6.07, 6.45) is 1.71. The molecule has 0 radical (unpaired) electrons. The number of fused-ring (bicyclic) bond motifs is 1. The summed E-state index contributed by atoms with van der Waals surface area (Å²) in [7, 11) is 0. The van der Waals surface area contributed by atoms with Crippen molar-refractivity contribution in [2.75, 3.05) is 0 Å². The molecular formula is C10H10N2O2. The van der Waals surface area contributed by atoms with Crippen molar-refractivity contribution in [3.63, 3.8) is 0 Å². The minimum atomic E-state index is -1.00. The standard InChI is InChI=1S/C10H10N2O2/c1-6-4-3-5-12-8(6)7(2)11-9(12)10(13)14/h3-5H,1-2H3,(H,13,14). The summed E-state index contributed by atoms with van der Waals surface area (Å²) < 4.78 is 1.60. The van der Waals surface area contributed by atoms with E-state index in [1.165, 1.54) is 0 Å². The van der Waals surface area contributed by atoms with E-state index in [2.05, 4.69) is 4.98 Å². The average Bonchev–Trinajstić information content (AvgIpc) is 2.45. The normalized spacial score (nSPS) is 10.7. The van der Waals surface area contributed by atoms with Gasteiger partial charge in [0.15, 0.2) is 0 Å².